The van der Waals surface area contributed by atoms with E-state index in [0.717, 1.165) is 24.3 Å². The third kappa shape index (κ3) is 3.31. The number of anilines is 3. The number of nitrogens with one attached hydrogen (secondary N) is 2. The van der Waals surface area contributed by atoms with Crippen molar-refractivity contribution in [3.05, 3.63) is 42.5 Å². The summed E-state index contributed by atoms with van der Waals surface area (Å²) in [6.45, 7) is 0. The highest BCUT2D eigenvalue weighted by Crippen LogP contribution is 2.30. The van der Waals surface area contributed by atoms with Gasteiger partial charge in [0, 0.05) is 5.92 Å². The molecule has 0 radical (unpaired) electrons. The van der Waals surface area contributed by atoms with Crippen LogP contribution in [0.4, 0.5) is 17.3 Å². The summed E-state index contributed by atoms with van der Waals surface area (Å²) in [7, 11) is 1.63. The molecule has 1 saturated carbocycles. The minimum Gasteiger partial charge on any atom is -0.495 e. The third-order valence-corrected chi connectivity index (χ3v) is 3.32. The lowest BCUT2D eigenvalue weighted by atomic mass is 10.3. The Bertz CT molecular complexity index is 653. The zero-order chi connectivity index (χ0) is 14.7. The Balaban J connectivity index is 1.74. The molecular formula is C16H17N3O2. The summed E-state index contributed by atoms with van der Waals surface area (Å²) >= 11 is 0. The fraction of sp³-hybridized carbons (Fsp3) is 0.250. The van der Waals surface area contributed by atoms with Gasteiger partial charge in [-0.3, -0.25) is 4.79 Å². The number of carbonyl (C=O) groups excluding carboxylic acids is 1. The average molecular weight is 283 g/mol. The Morgan fingerprint density at radius 2 is 1.90 bits per heavy atom. The topological polar surface area (TPSA) is 63.2 Å². The van der Waals surface area contributed by atoms with Crippen LogP contribution in [0.25, 0.3) is 0 Å². The van der Waals surface area contributed by atoms with Crippen molar-refractivity contribution in [3.8, 4) is 5.75 Å². The lowest BCUT2D eigenvalue weighted by molar-refractivity contribution is -0.117. The van der Waals surface area contributed by atoms with E-state index in [0.29, 0.717) is 11.6 Å². The van der Waals surface area contributed by atoms with Crippen LogP contribution < -0.4 is 15.4 Å². The molecule has 2 N–H and O–H groups in total. The molecule has 5 heteroatoms. The van der Waals surface area contributed by atoms with E-state index in [4.69, 9.17) is 4.74 Å². The largest absolute Gasteiger partial charge is 0.495 e. The Morgan fingerprint density at radius 3 is 2.67 bits per heavy atom. The van der Waals surface area contributed by atoms with Crippen LogP contribution in [0.1, 0.15) is 12.8 Å². The smallest absolute Gasteiger partial charge is 0.228 e. The van der Waals surface area contributed by atoms with Crippen LogP contribution in [0.3, 0.4) is 0 Å². The molecule has 1 aliphatic rings. The van der Waals surface area contributed by atoms with E-state index in [1.807, 2.05) is 36.4 Å². The monoisotopic (exact) mass is 283 g/mol. The van der Waals surface area contributed by atoms with E-state index in [-0.39, 0.29) is 11.8 Å². The van der Waals surface area contributed by atoms with Gasteiger partial charge in [0.05, 0.1) is 12.8 Å². The molecule has 0 atom stereocenters. The summed E-state index contributed by atoms with van der Waals surface area (Å²) in [6.07, 6.45) is 1.95. The fourth-order valence-corrected chi connectivity index (χ4v) is 2.03. The van der Waals surface area contributed by atoms with Gasteiger partial charge in [-0.1, -0.05) is 18.2 Å². The average Bonchev–Trinajstić information content (AvgIpc) is 3.33. The highest BCUT2D eigenvalue weighted by Gasteiger charge is 2.29. The molecule has 1 fully saturated rings. The van der Waals surface area contributed by atoms with Gasteiger partial charge in [0.15, 0.2) is 0 Å². The first-order chi connectivity index (χ1) is 10.3. The maximum absolute atomic E-state index is 11.8. The molecule has 21 heavy (non-hydrogen) atoms. The van der Waals surface area contributed by atoms with Crippen LogP contribution >= 0.6 is 0 Å². The second kappa shape index (κ2) is 5.83. The van der Waals surface area contributed by atoms with Crippen LogP contribution in [0.2, 0.25) is 0 Å². The number of rotatable bonds is 5. The molecule has 0 bridgehead atoms. The van der Waals surface area contributed by atoms with E-state index < -0.39 is 0 Å². The number of hydrogen-bond donors (Lipinski definition) is 2. The van der Waals surface area contributed by atoms with Crippen molar-refractivity contribution in [1.82, 2.24) is 4.98 Å². The SMILES string of the molecule is COc1ccccc1Nc1cccc(NC(=O)C2CC2)n1. The predicted octanol–water partition coefficient (Wildman–Crippen LogP) is 3.18. The van der Waals surface area contributed by atoms with Gasteiger partial charge in [-0.25, -0.2) is 4.98 Å². The Hall–Kier alpha value is -2.56. The molecule has 1 aromatic heterocycles. The zero-order valence-corrected chi connectivity index (χ0v) is 11.8. The van der Waals surface area contributed by atoms with E-state index >= 15 is 0 Å². The highest BCUT2D eigenvalue weighted by atomic mass is 16.5. The van der Waals surface area contributed by atoms with Crippen LogP contribution in [0.5, 0.6) is 5.75 Å². The summed E-state index contributed by atoms with van der Waals surface area (Å²) in [5.74, 6) is 2.18. The maximum atomic E-state index is 11.8. The van der Waals surface area contributed by atoms with Crippen molar-refractivity contribution in [2.75, 3.05) is 17.7 Å². The number of aromatic nitrogens is 1. The first kappa shape index (κ1) is 13.4. The normalized spacial score (nSPS) is 13.6. The molecule has 1 aromatic carbocycles. The number of hydrogen-bond acceptors (Lipinski definition) is 4. The van der Waals surface area contributed by atoms with Crippen molar-refractivity contribution < 1.29 is 9.53 Å². The number of ether oxygens (including phenoxy) is 1. The third-order valence-electron chi connectivity index (χ3n) is 3.32. The van der Waals surface area contributed by atoms with E-state index in [2.05, 4.69) is 15.6 Å². The Kier molecular flexibility index (Phi) is 3.73. The van der Waals surface area contributed by atoms with Crippen molar-refractivity contribution in [2.45, 2.75) is 12.8 Å². The molecule has 3 rings (SSSR count). The molecule has 108 valence electrons. The van der Waals surface area contributed by atoms with E-state index in [9.17, 15) is 4.79 Å². The Morgan fingerprint density at radius 1 is 1.14 bits per heavy atom. The molecule has 0 aliphatic heterocycles. The number of carbonyl (C=O) groups is 1. The lowest BCUT2D eigenvalue weighted by Crippen LogP contribution is -2.14. The van der Waals surface area contributed by atoms with Gasteiger partial charge in [-0.15, -0.1) is 0 Å². The molecule has 1 aliphatic carbocycles. The van der Waals surface area contributed by atoms with Crippen molar-refractivity contribution in [2.24, 2.45) is 5.92 Å². The minimum atomic E-state index is 0.0527. The summed E-state index contributed by atoms with van der Waals surface area (Å²) < 4.78 is 5.29. The maximum Gasteiger partial charge on any atom is 0.228 e. The van der Waals surface area contributed by atoms with Gasteiger partial charge < -0.3 is 15.4 Å². The van der Waals surface area contributed by atoms with Gasteiger partial charge in [0.25, 0.3) is 0 Å². The number of benzene rings is 1. The number of amides is 1. The first-order valence-corrected chi connectivity index (χ1v) is 6.94. The van der Waals surface area contributed by atoms with Crippen LogP contribution in [0.15, 0.2) is 42.5 Å². The fourth-order valence-electron chi connectivity index (χ4n) is 2.03. The first-order valence-electron chi connectivity index (χ1n) is 6.94. The second-order valence-corrected chi connectivity index (χ2v) is 5.00. The molecular weight excluding hydrogens is 266 g/mol. The number of para-hydroxylation sites is 2. The van der Waals surface area contributed by atoms with Gasteiger partial charge in [-0.05, 0) is 37.1 Å². The van der Waals surface area contributed by atoms with Gasteiger partial charge >= 0.3 is 0 Å². The number of nitrogens with zero attached hydrogens (tertiary/aromatic N) is 1. The molecule has 0 unspecified atom stereocenters. The minimum absolute atomic E-state index is 0.0527. The van der Waals surface area contributed by atoms with Gasteiger partial charge in [0.1, 0.15) is 17.4 Å². The summed E-state index contributed by atoms with van der Waals surface area (Å²) in [5.41, 5.74) is 0.832. The van der Waals surface area contributed by atoms with E-state index in [1.54, 1.807) is 13.2 Å². The molecule has 0 saturated heterocycles. The standard InChI is InChI=1S/C16H17N3O2/c1-21-13-6-3-2-5-12(13)17-14-7-4-8-15(18-14)19-16(20)11-9-10-11/h2-8,11H,9-10H2,1H3,(H2,17,18,19,20). The van der Waals surface area contributed by atoms with Crippen LogP contribution in [-0.2, 0) is 4.79 Å². The summed E-state index contributed by atoms with van der Waals surface area (Å²) in [4.78, 5) is 16.1. The summed E-state index contributed by atoms with van der Waals surface area (Å²) in [6, 6.07) is 13.1. The van der Waals surface area contributed by atoms with Crippen molar-refractivity contribution in [1.29, 1.82) is 0 Å². The highest BCUT2D eigenvalue weighted by molar-refractivity contribution is 5.93. The van der Waals surface area contributed by atoms with Crippen LogP contribution in [-0.4, -0.2) is 18.0 Å². The Labute approximate surface area is 123 Å². The predicted molar refractivity (Wildman–Crippen MR) is 81.9 cm³/mol. The quantitative estimate of drug-likeness (QED) is 0.884. The lowest BCUT2D eigenvalue weighted by Gasteiger charge is -2.11. The van der Waals surface area contributed by atoms with Gasteiger partial charge in [0.2, 0.25) is 5.91 Å². The summed E-state index contributed by atoms with van der Waals surface area (Å²) in [5, 5.41) is 6.03. The second-order valence-electron chi connectivity index (χ2n) is 5.00. The molecule has 1 heterocycles. The molecule has 5 nitrogen and oxygen atoms in total. The molecule has 0 spiro atoms. The molecule has 2 aromatic rings. The van der Waals surface area contributed by atoms with Crippen molar-refractivity contribution in [3.63, 3.8) is 0 Å². The zero-order valence-electron chi connectivity index (χ0n) is 11.8. The molecule has 1 amide bonds. The number of pyridine rings is 1. The number of methoxy groups -OCH3 is 1. The van der Waals surface area contributed by atoms with E-state index in [1.165, 1.54) is 0 Å². The van der Waals surface area contributed by atoms with Crippen LogP contribution in [0, 0.1) is 5.92 Å². The van der Waals surface area contributed by atoms with Crippen molar-refractivity contribution >= 4 is 23.2 Å². The van der Waals surface area contributed by atoms with Gasteiger partial charge in [-0.2, -0.15) is 0 Å².